The topological polar surface area (TPSA) is 60.2 Å². The van der Waals surface area contributed by atoms with Gasteiger partial charge in [-0.25, -0.2) is 8.42 Å². The van der Waals surface area contributed by atoms with Crippen LogP contribution in [0.25, 0.3) is 0 Å². The maximum Gasteiger partial charge on any atom is 0.179 e. The van der Waals surface area contributed by atoms with E-state index in [9.17, 15) is 8.42 Å². The highest BCUT2D eigenvalue weighted by atomic mass is 79.9. The summed E-state index contributed by atoms with van der Waals surface area (Å²) in [6.45, 7) is 0. The number of sulfone groups is 1. The molecule has 0 fully saturated rings. The van der Waals surface area contributed by atoms with Crippen molar-refractivity contribution in [2.75, 3.05) is 11.5 Å². The van der Waals surface area contributed by atoms with E-state index < -0.39 is 9.84 Å². The quantitative estimate of drug-likeness (QED) is 0.837. The Hall–Kier alpha value is -1.33. The van der Waals surface area contributed by atoms with E-state index in [1.807, 2.05) is 30.3 Å². The maximum absolute atomic E-state index is 12.3. The van der Waals surface area contributed by atoms with Gasteiger partial charge in [-0.1, -0.05) is 30.3 Å². The molecule has 0 bridgehead atoms. The van der Waals surface area contributed by atoms with E-state index in [1.54, 1.807) is 18.2 Å². The first-order chi connectivity index (χ1) is 9.49. The number of nitrogen functional groups attached to an aromatic ring is 1. The third-order valence-electron chi connectivity index (χ3n) is 3.01. The monoisotopic (exact) mass is 353 g/mol. The van der Waals surface area contributed by atoms with Crippen molar-refractivity contribution in [3.63, 3.8) is 0 Å². The second-order valence-corrected chi connectivity index (χ2v) is 7.53. The number of aryl methyl sites for hydroxylation is 1. The van der Waals surface area contributed by atoms with E-state index in [-0.39, 0.29) is 5.75 Å². The first-order valence-corrected chi connectivity index (χ1v) is 8.75. The van der Waals surface area contributed by atoms with Crippen LogP contribution in [0.5, 0.6) is 0 Å². The van der Waals surface area contributed by atoms with Crippen LogP contribution < -0.4 is 5.73 Å². The summed E-state index contributed by atoms with van der Waals surface area (Å²) in [5, 5.41) is 0. The van der Waals surface area contributed by atoms with Crippen molar-refractivity contribution in [3.8, 4) is 0 Å². The predicted molar refractivity (Wildman–Crippen MR) is 85.4 cm³/mol. The highest BCUT2D eigenvalue weighted by molar-refractivity contribution is 9.10. The molecule has 2 N–H and O–H groups in total. The molecule has 0 saturated carbocycles. The fourth-order valence-electron chi connectivity index (χ4n) is 1.99. The van der Waals surface area contributed by atoms with Crippen LogP contribution >= 0.6 is 15.9 Å². The van der Waals surface area contributed by atoms with Crippen LogP contribution in [0.2, 0.25) is 0 Å². The third kappa shape index (κ3) is 3.84. The highest BCUT2D eigenvalue weighted by Crippen LogP contribution is 2.25. The summed E-state index contributed by atoms with van der Waals surface area (Å²) in [5.74, 6) is 0.129. The van der Waals surface area contributed by atoms with Gasteiger partial charge >= 0.3 is 0 Å². The average molecular weight is 354 g/mol. The number of benzene rings is 2. The van der Waals surface area contributed by atoms with Crippen molar-refractivity contribution in [2.24, 2.45) is 0 Å². The molecule has 2 rings (SSSR count). The molecule has 0 aliphatic heterocycles. The summed E-state index contributed by atoms with van der Waals surface area (Å²) < 4.78 is 25.1. The van der Waals surface area contributed by atoms with Crippen molar-refractivity contribution in [3.05, 3.63) is 58.6 Å². The molecule has 2 aromatic rings. The van der Waals surface area contributed by atoms with Gasteiger partial charge in [0.15, 0.2) is 9.84 Å². The molecule has 0 aromatic heterocycles. The Labute approximate surface area is 127 Å². The number of halogens is 1. The van der Waals surface area contributed by atoms with Crippen molar-refractivity contribution in [1.29, 1.82) is 0 Å². The van der Waals surface area contributed by atoms with E-state index in [0.29, 0.717) is 21.5 Å². The second-order valence-electron chi connectivity index (χ2n) is 4.60. The lowest BCUT2D eigenvalue weighted by Gasteiger charge is -2.07. The van der Waals surface area contributed by atoms with E-state index in [1.165, 1.54) is 0 Å². The maximum atomic E-state index is 12.3. The fourth-order valence-corrected chi connectivity index (χ4v) is 4.50. The van der Waals surface area contributed by atoms with Gasteiger partial charge in [0.1, 0.15) is 0 Å². The molecule has 0 heterocycles. The standard InChI is InChI=1S/C15H16BrNO2S/c16-14-11-13(17)8-9-15(14)20(18,19)10-4-7-12-5-2-1-3-6-12/h1-3,5-6,8-9,11H,4,7,10,17H2. The molecule has 5 heteroatoms. The van der Waals surface area contributed by atoms with Gasteiger partial charge in [-0.05, 0) is 52.5 Å². The van der Waals surface area contributed by atoms with Crippen molar-refractivity contribution in [2.45, 2.75) is 17.7 Å². The van der Waals surface area contributed by atoms with Gasteiger partial charge in [-0.15, -0.1) is 0 Å². The first-order valence-electron chi connectivity index (χ1n) is 6.31. The summed E-state index contributed by atoms with van der Waals surface area (Å²) in [4.78, 5) is 0.305. The molecular weight excluding hydrogens is 338 g/mol. The van der Waals surface area contributed by atoms with E-state index in [2.05, 4.69) is 15.9 Å². The van der Waals surface area contributed by atoms with E-state index in [0.717, 1.165) is 12.0 Å². The molecule has 2 aromatic carbocycles. The molecule has 0 radical (unpaired) electrons. The van der Waals surface area contributed by atoms with Crippen molar-refractivity contribution in [1.82, 2.24) is 0 Å². The largest absolute Gasteiger partial charge is 0.399 e. The number of hydrogen-bond donors (Lipinski definition) is 1. The minimum absolute atomic E-state index is 0.129. The summed E-state index contributed by atoms with van der Waals surface area (Å²) in [5.41, 5.74) is 7.32. The molecule has 0 unspecified atom stereocenters. The lowest BCUT2D eigenvalue weighted by Crippen LogP contribution is -2.08. The number of rotatable bonds is 5. The molecule has 106 valence electrons. The lowest BCUT2D eigenvalue weighted by molar-refractivity contribution is 0.593. The van der Waals surface area contributed by atoms with E-state index >= 15 is 0 Å². The number of nitrogens with two attached hydrogens (primary N) is 1. The van der Waals surface area contributed by atoms with Gasteiger partial charge in [-0.3, -0.25) is 0 Å². The van der Waals surface area contributed by atoms with Gasteiger partial charge in [0.25, 0.3) is 0 Å². The van der Waals surface area contributed by atoms with Gasteiger partial charge in [-0.2, -0.15) is 0 Å². The zero-order valence-electron chi connectivity index (χ0n) is 10.9. The first kappa shape index (κ1) is 15.1. The van der Waals surface area contributed by atoms with Crippen LogP contribution in [-0.2, 0) is 16.3 Å². The number of anilines is 1. The molecule has 0 amide bonds. The Morgan fingerprint density at radius 3 is 2.40 bits per heavy atom. The summed E-state index contributed by atoms with van der Waals surface area (Å²) >= 11 is 3.26. The third-order valence-corrected chi connectivity index (χ3v) is 5.78. The molecule has 3 nitrogen and oxygen atoms in total. The Kier molecular flexibility index (Phi) is 4.83. The predicted octanol–water partition coefficient (Wildman–Crippen LogP) is 3.44. The molecule has 0 atom stereocenters. The van der Waals surface area contributed by atoms with Gasteiger partial charge in [0.05, 0.1) is 10.6 Å². The zero-order chi connectivity index (χ0) is 14.6. The number of hydrogen-bond acceptors (Lipinski definition) is 3. The Balaban J connectivity index is 2.04. The molecule has 20 heavy (non-hydrogen) atoms. The van der Waals surface area contributed by atoms with Crippen LogP contribution in [0.15, 0.2) is 57.9 Å². The Morgan fingerprint density at radius 1 is 1.05 bits per heavy atom. The fraction of sp³-hybridized carbons (Fsp3) is 0.200. The average Bonchev–Trinajstić information content (AvgIpc) is 2.39. The van der Waals surface area contributed by atoms with Crippen LogP contribution in [0.1, 0.15) is 12.0 Å². The molecule has 0 spiro atoms. The Morgan fingerprint density at radius 2 is 1.75 bits per heavy atom. The van der Waals surface area contributed by atoms with Crippen molar-refractivity contribution < 1.29 is 8.42 Å². The molecule has 0 aliphatic rings. The highest BCUT2D eigenvalue weighted by Gasteiger charge is 2.17. The van der Waals surface area contributed by atoms with Crippen LogP contribution in [0.4, 0.5) is 5.69 Å². The zero-order valence-corrected chi connectivity index (χ0v) is 13.3. The normalized spacial score (nSPS) is 11.4. The van der Waals surface area contributed by atoms with Gasteiger partial charge < -0.3 is 5.73 Å². The van der Waals surface area contributed by atoms with Crippen LogP contribution in [0, 0.1) is 0 Å². The molecular formula is C15H16BrNO2S. The lowest BCUT2D eigenvalue weighted by atomic mass is 10.1. The summed E-state index contributed by atoms with van der Waals surface area (Å²) in [6, 6.07) is 14.7. The van der Waals surface area contributed by atoms with Crippen LogP contribution in [0.3, 0.4) is 0 Å². The van der Waals surface area contributed by atoms with Gasteiger partial charge in [0.2, 0.25) is 0 Å². The molecule has 0 aliphatic carbocycles. The smallest absolute Gasteiger partial charge is 0.179 e. The summed E-state index contributed by atoms with van der Waals surface area (Å²) in [6.07, 6.45) is 1.36. The Bertz CT molecular complexity index is 684. The summed E-state index contributed by atoms with van der Waals surface area (Å²) in [7, 11) is -3.28. The van der Waals surface area contributed by atoms with Crippen molar-refractivity contribution >= 4 is 31.5 Å². The van der Waals surface area contributed by atoms with E-state index in [4.69, 9.17) is 5.73 Å². The van der Waals surface area contributed by atoms with Crippen LogP contribution in [-0.4, -0.2) is 14.2 Å². The minimum Gasteiger partial charge on any atom is -0.399 e. The minimum atomic E-state index is -3.28. The molecule has 0 saturated heterocycles. The second kappa shape index (κ2) is 6.41. The SMILES string of the molecule is Nc1ccc(S(=O)(=O)CCCc2ccccc2)c(Br)c1. The van der Waals surface area contributed by atoms with Gasteiger partial charge in [0, 0.05) is 10.2 Å².